The van der Waals surface area contributed by atoms with E-state index >= 15 is 0 Å². The van der Waals surface area contributed by atoms with Crippen LogP contribution in [0, 0.1) is 0 Å². The first kappa shape index (κ1) is 18.2. The standard InChI is InChI=1S/C19H30N4O2/c1-22-10-12-23(13-11-22)14-17(16-6-3-2-4-7-16)21-18(24)20-15-19(25)8-5-9-19/h2-4,6-7,17,25H,5,8-15H2,1H3,(H2,20,21,24)/t17-/m1/s1. The minimum Gasteiger partial charge on any atom is -0.388 e. The third-order valence-corrected chi connectivity index (χ3v) is 5.41. The molecule has 3 rings (SSSR count). The normalized spacial score (nSPS) is 22.0. The molecule has 1 aliphatic heterocycles. The van der Waals surface area contributed by atoms with Crippen molar-refractivity contribution in [2.24, 2.45) is 0 Å². The highest BCUT2D eigenvalue weighted by atomic mass is 16.3. The highest BCUT2D eigenvalue weighted by Gasteiger charge is 2.34. The zero-order chi connectivity index (χ0) is 17.7. The van der Waals surface area contributed by atoms with Gasteiger partial charge >= 0.3 is 6.03 Å². The summed E-state index contributed by atoms with van der Waals surface area (Å²) in [5.41, 5.74) is 0.413. The van der Waals surface area contributed by atoms with Gasteiger partial charge in [-0.25, -0.2) is 4.79 Å². The molecule has 0 aromatic heterocycles. The first-order valence-corrected chi connectivity index (χ1v) is 9.27. The Labute approximate surface area is 150 Å². The molecule has 0 spiro atoms. The molecule has 1 aromatic rings. The average Bonchev–Trinajstić information content (AvgIpc) is 2.60. The topological polar surface area (TPSA) is 67.8 Å². The lowest BCUT2D eigenvalue weighted by Gasteiger charge is -2.37. The molecule has 0 unspecified atom stereocenters. The second-order valence-electron chi connectivity index (χ2n) is 7.47. The molecule has 0 bridgehead atoms. The predicted molar refractivity (Wildman–Crippen MR) is 98.5 cm³/mol. The lowest BCUT2D eigenvalue weighted by molar-refractivity contribution is -0.0290. The Morgan fingerprint density at radius 2 is 1.88 bits per heavy atom. The van der Waals surface area contributed by atoms with Crippen LogP contribution in [0.15, 0.2) is 30.3 Å². The van der Waals surface area contributed by atoms with Crippen molar-refractivity contribution in [3.63, 3.8) is 0 Å². The maximum absolute atomic E-state index is 12.3. The molecule has 138 valence electrons. The largest absolute Gasteiger partial charge is 0.388 e. The molecule has 6 heteroatoms. The maximum atomic E-state index is 12.3. The monoisotopic (exact) mass is 346 g/mol. The molecule has 2 fully saturated rings. The molecule has 0 radical (unpaired) electrons. The van der Waals surface area contributed by atoms with Crippen LogP contribution >= 0.6 is 0 Å². The molecular formula is C19H30N4O2. The third-order valence-electron chi connectivity index (χ3n) is 5.41. The zero-order valence-electron chi connectivity index (χ0n) is 15.1. The Kier molecular flexibility index (Phi) is 5.93. The number of nitrogens with one attached hydrogen (secondary N) is 2. The van der Waals surface area contributed by atoms with Crippen molar-refractivity contribution < 1.29 is 9.90 Å². The Balaban J connectivity index is 1.57. The number of likely N-dealkylation sites (N-methyl/N-ethyl adjacent to an activating group) is 1. The zero-order valence-corrected chi connectivity index (χ0v) is 15.1. The Bertz CT molecular complexity index is 554. The number of hydrogen-bond donors (Lipinski definition) is 3. The number of carbonyl (C=O) groups excluding carboxylic acids is 1. The van der Waals surface area contributed by atoms with E-state index in [2.05, 4.69) is 39.6 Å². The summed E-state index contributed by atoms with van der Waals surface area (Å²) < 4.78 is 0. The summed E-state index contributed by atoms with van der Waals surface area (Å²) in [4.78, 5) is 17.1. The van der Waals surface area contributed by atoms with E-state index in [4.69, 9.17) is 0 Å². The van der Waals surface area contributed by atoms with Crippen LogP contribution in [0.4, 0.5) is 4.79 Å². The van der Waals surface area contributed by atoms with Crippen molar-refractivity contribution >= 4 is 6.03 Å². The fourth-order valence-corrected chi connectivity index (χ4v) is 3.42. The molecule has 1 heterocycles. The number of nitrogens with zero attached hydrogens (tertiary/aromatic N) is 2. The fraction of sp³-hybridized carbons (Fsp3) is 0.632. The number of urea groups is 1. The van der Waals surface area contributed by atoms with Crippen molar-refractivity contribution in [3.05, 3.63) is 35.9 Å². The summed E-state index contributed by atoms with van der Waals surface area (Å²) >= 11 is 0. The Hall–Kier alpha value is -1.63. The predicted octanol–water partition coefficient (Wildman–Crippen LogP) is 1.19. The number of aliphatic hydroxyl groups is 1. The van der Waals surface area contributed by atoms with Crippen molar-refractivity contribution in [3.8, 4) is 0 Å². The number of amides is 2. The van der Waals surface area contributed by atoms with Crippen LogP contribution in [-0.2, 0) is 0 Å². The van der Waals surface area contributed by atoms with Gasteiger partial charge in [0.1, 0.15) is 0 Å². The summed E-state index contributed by atoms with van der Waals surface area (Å²) in [7, 11) is 2.14. The fourth-order valence-electron chi connectivity index (χ4n) is 3.42. The Morgan fingerprint density at radius 3 is 2.48 bits per heavy atom. The molecule has 1 atom stereocenters. The van der Waals surface area contributed by atoms with Gasteiger partial charge in [0, 0.05) is 39.3 Å². The highest BCUT2D eigenvalue weighted by molar-refractivity contribution is 5.74. The molecule has 6 nitrogen and oxygen atoms in total. The number of piperazine rings is 1. The molecule has 1 aromatic carbocycles. The molecule has 25 heavy (non-hydrogen) atoms. The van der Waals surface area contributed by atoms with E-state index in [0.717, 1.165) is 57.5 Å². The van der Waals surface area contributed by atoms with Crippen LogP contribution in [0.1, 0.15) is 30.9 Å². The first-order chi connectivity index (χ1) is 12.0. The van der Waals surface area contributed by atoms with Gasteiger partial charge in [0.25, 0.3) is 0 Å². The van der Waals surface area contributed by atoms with E-state index in [-0.39, 0.29) is 12.1 Å². The maximum Gasteiger partial charge on any atom is 0.315 e. The van der Waals surface area contributed by atoms with Gasteiger partial charge in [-0.2, -0.15) is 0 Å². The van der Waals surface area contributed by atoms with Crippen LogP contribution in [-0.4, -0.2) is 72.9 Å². The van der Waals surface area contributed by atoms with Crippen molar-refractivity contribution in [2.75, 3.05) is 46.3 Å². The summed E-state index contributed by atoms with van der Waals surface area (Å²) in [6.45, 7) is 5.28. The quantitative estimate of drug-likeness (QED) is 0.724. The second kappa shape index (κ2) is 8.17. The summed E-state index contributed by atoms with van der Waals surface area (Å²) in [5, 5.41) is 16.1. The van der Waals surface area contributed by atoms with Crippen molar-refractivity contribution in [1.82, 2.24) is 20.4 Å². The van der Waals surface area contributed by atoms with Gasteiger partial charge in [-0.1, -0.05) is 30.3 Å². The molecule has 1 saturated carbocycles. The Morgan fingerprint density at radius 1 is 1.20 bits per heavy atom. The van der Waals surface area contributed by atoms with Gasteiger partial charge in [-0.15, -0.1) is 0 Å². The summed E-state index contributed by atoms with van der Waals surface area (Å²) in [6.07, 6.45) is 2.59. The first-order valence-electron chi connectivity index (χ1n) is 9.27. The number of rotatable bonds is 6. The van der Waals surface area contributed by atoms with Gasteiger partial charge in [0.15, 0.2) is 0 Å². The lowest BCUT2D eigenvalue weighted by Crippen LogP contribution is -2.52. The van der Waals surface area contributed by atoms with E-state index in [9.17, 15) is 9.90 Å². The smallest absolute Gasteiger partial charge is 0.315 e. The van der Waals surface area contributed by atoms with Crippen LogP contribution in [0.2, 0.25) is 0 Å². The van der Waals surface area contributed by atoms with E-state index in [0.29, 0.717) is 6.54 Å². The van der Waals surface area contributed by atoms with E-state index in [1.165, 1.54) is 0 Å². The van der Waals surface area contributed by atoms with Gasteiger partial charge in [-0.3, -0.25) is 4.90 Å². The molecule has 2 amide bonds. The van der Waals surface area contributed by atoms with Crippen LogP contribution in [0.3, 0.4) is 0 Å². The molecule has 1 aliphatic carbocycles. The highest BCUT2D eigenvalue weighted by Crippen LogP contribution is 2.30. The number of benzene rings is 1. The van der Waals surface area contributed by atoms with Crippen LogP contribution < -0.4 is 10.6 Å². The minimum atomic E-state index is -0.697. The summed E-state index contributed by atoms with van der Waals surface area (Å²) in [6, 6.07) is 9.85. The van der Waals surface area contributed by atoms with Crippen LogP contribution in [0.5, 0.6) is 0 Å². The number of carbonyl (C=O) groups is 1. The van der Waals surface area contributed by atoms with Gasteiger partial charge in [-0.05, 0) is 31.9 Å². The van der Waals surface area contributed by atoms with E-state index < -0.39 is 5.60 Å². The van der Waals surface area contributed by atoms with E-state index in [1.807, 2.05) is 18.2 Å². The molecular weight excluding hydrogens is 316 g/mol. The van der Waals surface area contributed by atoms with Crippen molar-refractivity contribution in [2.45, 2.75) is 30.9 Å². The van der Waals surface area contributed by atoms with Crippen LogP contribution in [0.25, 0.3) is 0 Å². The number of hydrogen-bond acceptors (Lipinski definition) is 4. The summed E-state index contributed by atoms with van der Waals surface area (Å²) in [5.74, 6) is 0. The third kappa shape index (κ3) is 5.17. The van der Waals surface area contributed by atoms with Gasteiger partial charge in [0.2, 0.25) is 0 Å². The molecule has 1 saturated heterocycles. The lowest BCUT2D eigenvalue weighted by atomic mass is 9.80. The minimum absolute atomic E-state index is 0.0550. The SMILES string of the molecule is CN1CCN(C[C@@H](NC(=O)NCC2(O)CCC2)c2ccccc2)CC1. The van der Waals surface area contributed by atoms with Gasteiger partial charge in [0.05, 0.1) is 11.6 Å². The molecule has 3 N–H and O–H groups in total. The van der Waals surface area contributed by atoms with Gasteiger partial charge < -0.3 is 20.6 Å². The van der Waals surface area contributed by atoms with Crippen molar-refractivity contribution in [1.29, 1.82) is 0 Å². The average molecular weight is 346 g/mol. The molecule has 2 aliphatic rings. The van der Waals surface area contributed by atoms with E-state index in [1.54, 1.807) is 0 Å². The second-order valence-corrected chi connectivity index (χ2v) is 7.47.